The predicted octanol–water partition coefficient (Wildman–Crippen LogP) is 35.9. The first-order valence-electron chi connectivity index (χ1n) is 44.5. The molecule has 0 unspecified atom stereocenters. The summed E-state index contributed by atoms with van der Waals surface area (Å²) in [6.07, 6.45) is 0. The van der Waals surface area contributed by atoms with Crippen LogP contribution in [0.4, 0.5) is 34.1 Å². The minimum Gasteiger partial charge on any atom is -0.310 e. The lowest BCUT2D eigenvalue weighted by Gasteiger charge is -2.29. The van der Waals surface area contributed by atoms with Crippen LogP contribution in [0.5, 0.6) is 0 Å². The van der Waals surface area contributed by atoms with Gasteiger partial charge in [-0.15, -0.1) is 22.7 Å². The molecule has 130 heavy (non-hydrogen) atoms. The van der Waals surface area contributed by atoms with Gasteiger partial charge in [-0.1, -0.05) is 358 Å². The molecule has 0 saturated heterocycles. The third-order valence-corrected chi connectivity index (χ3v) is 28.7. The van der Waals surface area contributed by atoms with Crippen LogP contribution in [0.15, 0.2) is 485 Å². The van der Waals surface area contributed by atoms with Crippen molar-refractivity contribution >= 4 is 184 Å². The molecule has 0 bridgehead atoms. The van der Waals surface area contributed by atoms with Crippen LogP contribution in [0.1, 0.15) is 0 Å². The van der Waals surface area contributed by atoms with Gasteiger partial charge in [0.15, 0.2) is 0 Å². The number of hydrogen-bond acceptors (Lipinski definition) is 4. The van der Waals surface area contributed by atoms with Gasteiger partial charge in [0.1, 0.15) is 0 Å². The maximum atomic E-state index is 2.48. The number of benzene rings is 22. The van der Waals surface area contributed by atoms with Crippen molar-refractivity contribution in [1.29, 1.82) is 0 Å². The molecule has 0 aliphatic rings. The van der Waals surface area contributed by atoms with Crippen molar-refractivity contribution in [2.75, 3.05) is 9.80 Å². The first-order chi connectivity index (χ1) is 64.5. The number of thiophene rings is 2. The van der Waals surface area contributed by atoms with Gasteiger partial charge >= 0.3 is 0 Å². The molecule has 0 amide bonds. The highest BCUT2D eigenvalue weighted by Gasteiger charge is 2.28. The molecule has 6 heteroatoms. The third-order valence-electron chi connectivity index (χ3n) is 26.4. The number of aromatic nitrogens is 2. The van der Waals surface area contributed by atoms with Gasteiger partial charge in [0, 0.05) is 113 Å². The first-order valence-corrected chi connectivity index (χ1v) is 46.1. The van der Waals surface area contributed by atoms with E-state index in [-0.39, 0.29) is 0 Å². The monoisotopic (exact) mass is 1690 g/mol. The fourth-order valence-corrected chi connectivity index (χ4v) is 22.7. The Morgan fingerprint density at radius 1 is 0.162 bits per heavy atom. The van der Waals surface area contributed by atoms with E-state index in [1.54, 1.807) is 0 Å². The summed E-state index contributed by atoms with van der Waals surface area (Å²) in [5, 5.41) is 20.0. The Hall–Kier alpha value is -16.5. The molecule has 0 atom stereocenters. The zero-order valence-electron chi connectivity index (χ0n) is 70.8. The van der Waals surface area contributed by atoms with E-state index in [1.807, 2.05) is 22.7 Å². The van der Waals surface area contributed by atoms with Crippen molar-refractivity contribution in [3.05, 3.63) is 485 Å². The van der Waals surface area contributed by atoms with Crippen LogP contribution < -0.4 is 9.80 Å². The topological polar surface area (TPSA) is 16.3 Å². The molecule has 0 spiro atoms. The SMILES string of the molecule is c1ccc(-n2c3ccccc3c3cc(-c4ccc5c(c4)sc4ccccc45)c(N(c4ccc(-c5cccc6ccccc56)cc4)c4ccc(-c5cccc6ccccc56)cc4)cc32)cc1.c1ccc(-n2c3ccccc3c3cc(-c4cccc5c4sc4ccccc45)c(N(c4ccc(-c5cccc6ccccc56)cc4)c4ccc(-c5cccc6ccccc56)cc4)cc32)cc1. The summed E-state index contributed by atoms with van der Waals surface area (Å²) in [4.78, 5) is 4.95. The zero-order chi connectivity index (χ0) is 85.7. The molecule has 4 nitrogen and oxygen atoms in total. The number of anilines is 6. The average molecular weight is 1690 g/mol. The van der Waals surface area contributed by atoms with Crippen molar-refractivity contribution in [2.45, 2.75) is 0 Å². The second-order valence-corrected chi connectivity index (χ2v) is 35.8. The van der Waals surface area contributed by atoms with E-state index in [1.165, 1.54) is 183 Å². The Bertz CT molecular complexity index is 8640. The van der Waals surface area contributed by atoms with E-state index in [0.717, 1.165) is 56.5 Å². The van der Waals surface area contributed by atoms with Crippen molar-refractivity contribution in [2.24, 2.45) is 0 Å². The summed E-state index contributed by atoms with van der Waals surface area (Å²) in [7, 11) is 0. The molecule has 0 aliphatic carbocycles. The van der Waals surface area contributed by atoms with Gasteiger partial charge in [0.2, 0.25) is 0 Å². The average Bonchev–Trinajstić information content (AvgIpc) is 1.57. The van der Waals surface area contributed by atoms with Crippen LogP contribution in [0, 0.1) is 0 Å². The lowest BCUT2D eigenvalue weighted by molar-refractivity contribution is 1.18. The molecule has 4 aromatic heterocycles. The van der Waals surface area contributed by atoms with Crippen LogP contribution in [0.2, 0.25) is 0 Å². The van der Waals surface area contributed by atoms with Gasteiger partial charge in [-0.3, -0.25) is 0 Å². The van der Waals surface area contributed by atoms with Crippen molar-refractivity contribution in [1.82, 2.24) is 9.13 Å². The van der Waals surface area contributed by atoms with Crippen LogP contribution in [-0.2, 0) is 0 Å². The highest BCUT2D eigenvalue weighted by atomic mass is 32.1. The van der Waals surface area contributed by atoms with E-state index in [2.05, 4.69) is 504 Å². The normalized spacial score (nSPS) is 11.7. The van der Waals surface area contributed by atoms with Gasteiger partial charge in [0.25, 0.3) is 0 Å². The highest BCUT2D eigenvalue weighted by Crippen LogP contribution is 2.53. The Labute approximate surface area is 760 Å². The number of rotatable bonds is 14. The van der Waals surface area contributed by atoms with Crippen molar-refractivity contribution in [3.63, 3.8) is 0 Å². The summed E-state index contributed by atoms with van der Waals surface area (Å²) in [6.45, 7) is 0. The molecule has 22 aromatic carbocycles. The van der Waals surface area contributed by atoms with Gasteiger partial charge in [0.05, 0.1) is 33.4 Å². The van der Waals surface area contributed by atoms with E-state index < -0.39 is 0 Å². The van der Waals surface area contributed by atoms with Gasteiger partial charge in [-0.25, -0.2) is 0 Å². The minimum atomic E-state index is 1.08. The van der Waals surface area contributed by atoms with Crippen LogP contribution >= 0.6 is 22.7 Å². The number of para-hydroxylation sites is 4. The zero-order valence-corrected chi connectivity index (χ0v) is 72.4. The maximum Gasteiger partial charge on any atom is 0.0562 e. The molecule has 0 saturated carbocycles. The fourth-order valence-electron chi connectivity index (χ4n) is 20.3. The maximum absolute atomic E-state index is 2.48. The molecule has 0 aliphatic heterocycles. The molecule has 0 fully saturated rings. The molecular formula is C124H80N4S2. The summed E-state index contributed by atoms with van der Waals surface area (Å²) < 4.78 is 10.0. The predicted molar refractivity (Wildman–Crippen MR) is 559 cm³/mol. The van der Waals surface area contributed by atoms with E-state index >= 15 is 0 Å². The smallest absolute Gasteiger partial charge is 0.0562 e. The number of hydrogen-bond donors (Lipinski definition) is 0. The van der Waals surface area contributed by atoms with Crippen LogP contribution in [0.25, 0.3) is 205 Å². The molecule has 0 radical (unpaired) electrons. The van der Waals surface area contributed by atoms with Crippen LogP contribution in [0.3, 0.4) is 0 Å². The van der Waals surface area contributed by atoms with Gasteiger partial charge in [-0.05, 0) is 221 Å². The molecule has 4 heterocycles. The third kappa shape index (κ3) is 13.1. The van der Waals surface area contributed by atoms with Gasteiger partial charge < -0.3 is 18.9 Å². The molecule has 608 valence electrons. The minimum absolute atomic E-state index is 1.08. The molecule has 26 aromatic rings. The van der Waals surface area contributed by atoms with E-state index in [9.17, 15) is 0 Å². The summed E-state index contributed by atoms with van der Waals surface area (Å²) in [5.41, 5.74) is 27.9. The summed E-state index contributed by atoms with van der Waals surface area (Å²) in [5.74, 6) is 0. The fraction of sp³-hybridized carbons (Fsp3) is 0. The molecule has 26 rings (SSSR count). The number of fused-ring (bicyclic) bond motifs is 16. The molecule has 0 N–H and O–H groups in total. The summed E-state index contributed by atoms with van der Waals surface area (Å²) >= 11 is 3.75. The first kappa shape index (κ1) is 76.0. The Morgan fingerprint density at radius 2 is 0.462 bits per heavy atom. The Kier molecular flexibility index (Phi) is 18.6. The van der Waals surface area contributed by atoms with E-state index in [4.69, 9.17) is 0 Å². The van der Waals surface area contributed by atoms with Gasteiger partial charge in [-0.2, -0.15) is 0 Å². The van der Waals surface area contributed by atoms with Crippen molar-refractivity contribution in [3.8, 4) is 78.1 Å². The van der Waals surface area contributed by atoms with Crippen molar-refractivity contribution < 1.29 is 0 Å². The lowest BCUT2D eigenvalue weighted by atomic mass is 9.96. The molecular weight excluding hydrogens is 1610 g/mol. The second kappa shape index (κ2) is 31.9. The van der Waals surface area contributed by atoms with E-state index in [0.29, 0.717) is 0 Å². The summed E-state index contributed by atoms with van der Waals surface area (Å²) in [6, 6.07) is 178. The van der Waals surface area contributed by atoms with Crippen LogP contribution in [-0.4, -0.2) is 9.13 Å². The standard InChI is InChI=1S/2C62H40N2S/c1-2-19-45(20-3-1)64-58-29-10-8-23-52(58)56-39-57(55-28-14-27-54-53-24-9-11-30-61(53)65-62(54)55)59(40-60(56)64)63(46-35-31-43(32-36-46)50-25-12-17-41-15-4-6-21-48(41)50)47-37-33-44(34-38-47)51-26-13-18-42-16-5-7-22-49(42)51;1-2-18-46(19-3-1)64-58-26-10-8-22-53(58)57-39-56(45-32-37-55-54-23-9-11-27-61(54)65-62(55)38-45)59(40-60(57)64)63(47-33-28-43(29-34-47)51-24-12-16-41-14-4-6-20-49(41)51)48-35-30-44(31-36-48)52-25-13-17-42-15-5-7-21-50(42)52/h2*1-40H. The largest absolute Gasteiger partial charge is 0.310 e. The Balaban J connectivity index is 0.000000140. The highest BCUT2D eigenvalue weighted by molar-refractivity contribution is 7.26. The number of nitrogens with zero attached hydrogens (tertiary/aromatic N) is 4. The quantitative estimate of drug-likeness (QED) is 0.108. The second-order valence-electron chi connectivity index (χ2n) is 33.7. The Morgan fingerprint density at radius 3 is 0.885 bits per heavy atom. The lowest BCUT2D eigenvalue weighted by Crippen LogP contribution is -2.11.